The lowest BCUT2D eigenvalue weighted by atomic mass is 10.0. The van der Waals surface area contributed by atoms with E-state index in [1.54, 1.807) is 67.6 Å². The van der Waals surface area contributed by atoms with E-state index in [0.717, 1.165) is 15.9 Å². The maximum Gasteiger partial charge on any atom is 0.416 e. The number of nitro groups is 1. The number of carbonyl (C=O) groups is 3. The summed E-state index contributed by atoms with van der Waals surface area (Å²) in [6, 6.07) is 21.3. The zero-order chi connectivity index (χ0) is 32.3. The maximum absolute atomic E-state index is 13.6. The Balaban J connectivity index is 1.56. The number of urea groups is 1. The van der Waals surface area contributed by atoms with Crippen LogP contribution in [0.1, 0.15) is 18.1 Å². The Bertz CT molecular complexity index is 1760. The van der Waals surface area contributed by atoms with Crippen LogP contribution in [0, 0.1) is 10.1 Å². The Morgan fingerprint density at radius 1 is 0.778 bits per heavy atom. The van der Waals surface area contributed by atoms with Crippen LogP contribution in [0.2, 0.25) is 0 Å². The van der Waals surface area contributed by atoms with Crippen LogP contribution in [0.15, 0.2) is 103 Å². The van der Waals surface area contributed by atoms with E-state index >= 15 is 0 Å². The first-order valence-electron chi connectivity index (χ1n) is 13.3. The number of barbiturate groups is 1. The minimum Gasteiger partial charge on any atom is -0.490 e. The van der Waals surface area contributed by atoms with Gasteiger partial charge in [0.25, 0.3) is 11.8 Å². The number of nitro benzene ring substituents is 1. The Hall–Kier alpha value is -5.98. The number of halogens is 3. The second kappa shape index (κ2) is 12.3. The first-order valence-corrected chi connectivity index (χ1v) is 13.3. The summed E-state index contributed by atoms with van der Waals surface area (Å²) >= 11 is 0. The van der Waals surface area contributed by atoms with E-state index < -0.39 is 45.9 Å². The number of carbonyl (C=O) groups excluding carboxylic acids is 3. The monoisotopic (exact) mass is 617 g/mol. The van der Waals surface area contributed by atoms with E-state index in [0.29, 0.717) is 12.1 Å². The molecule has 0 unspecified atom stereocenters. The fourth-order valence-corrected chi connectivity index (χ4v) is 4.51. The number of imide groups is 2. The van der Waals surface area contributed by atoms with Crippen LogP contribution in [0.3, 0.4) is 0 Å². The molecule has 228 valence electrons. The van der Waals surface area contributed by atoms with E-state index in [2.05, 4.69) is 0 Å². The average molecular weight is 618 g/mol. The van der Waals surface area contributed by atoms with E-state index in [-0.39, 0.29) is 40.6 Å². The molecule has 1 saturated heterocycles. The third kappa shape index (κ3) is 6.22. The summed E-state index contributed by atoms with van der Waals surface area (Å²) in [4.78, 5) is 53.1. The van der Waals surface area contributed by atoms with Gasteiger partial charge in [-0.05, 0) is 67.1 Å². The van der Waals surface area contributed by atoms with Gasteiger partial charge in [0.15, 0.2) is 11.5 Å². The molecule has 10 nitrogen and oxygen atoms in total. The zero-order valence-corrected chi connectivity index (χ0v) is 23.4. The van der Waals surface area contributed by atoms with Gasteiger partial charge in [-0.3, -0.25) is 19.7 Å². The number of benzene rings is 4. The quantitative estimate of drug-likeness (QED) is 0.0875. The van der Waals surface area contributed by atoms with Gasteiger partial charge in [0.2, 0.25) is 5.75 Å². The van der Waals surface area contributed by atoms with Crippen LogP contribution < -0.4 is 19.3 Å². The molecule has 1 aliphatic heterocycles. The molecule has 45 heavy (non-hydrogen) atoms. The summed E-state index contributed by atoms with van der Waals surface area (Å²) in [5.41, 5.74) is -1.74. The van der Waals surface area contributed by atoms with E-state index in [1.807, 2.05) is 0 Å². The van der Waals surface area contributed by atoms with Crippen molar-refractivity contribution in [1.29, 1.82) is 0 Å². The van der Waals surface area contributed by atoms with Crippen molar-refractivity contribution in [2.75, 3.05) is 16.4 Å². The Labute approximate surface area is 253 Å². The summed E-state index contributed by atoms with van der Waals surface area (Å²) in [7, 11) is 0. The van der Waals surface area contributed by atoms with Crippen LogP contribution in [0.4, 0.5) is 35.0 Å². The molecule has 1 heterocycles. The molecule has 4 amide bonds. The summed E-state index contributed by atoms with van der Waals surface area (Å²) in [5.74, 6) is -2.26. The lowest BCUT2D eigenvalue weighted by Gasteiger charge is -2.33. The third-order valence-corrected chi connectivity index (χ3v) is 6.56. The van der Waals surface area contributed by atoms with E-state index in [9.17, 15) is 37.7 Å². The Kier molecular flexibility index (Phi) is 8.35. The number of nitrogens with zero attached hydrogens (tertiary/aromatic N) is 3. The standard InChI is InChI=1S/C32H22F3N3O7/c1-2-44-28-18-20(13-15-27(28)45-26-16-14-21(32(33,34)35)19-25(26)38(42)43)17-24-29(39)36(22-9-5-3-6-10-22)31(41)37(30(24)40)23-11-7-4-8-12-23/h3-19H,2H2,1H3. The Morgan fingerprint density at radius 2 is 1.33 bits per heavy atom. The van der Waals surface area contributed by atoms with Crippen LogP contribution >= 0.6 is 0 Å². The number of alkyl halides is 3. The SMILES string of the molecule is CCOc1cc(C=C2C(=O)N(c3ccccc3)C(=O)N(c3ccccc3)C2=O)ccc1Oc1ccc(C(F)(F)F)cc1[N+](=O)[O-]. The van der Waals surface area contributed by atoms with Crippen LogP contribution in [0.5, 0.6) is 17.2 Å². The van der Waals surface area contributed by atoms with Crippen molar-refractivity contribution < 1.29 is 42.0 Å². The number of hydrogen-bond acceptors (Lipinski definition) is 7. The van der Waals surface area contributed by atoms with Crippen molar-refractivity contribution in [3.05, 3.63) is 124 Å². The smallest absolute Gasteiger partial charge is 0.416 e. The predicted molar refractivity (Wildman–Crippen MR) is 157 cm³/mol. The lowest BCUT2D eigenvalue weighted by Crippen LogP contribution is -2.57. The molecule has 0 radical (unpaired) electrons. The van der Waals surface area contributed by atoms with E-state index in [1.165, 1.54) is 24.3 Å². The first kappa shape index (κ1) is 30.5. The minimum absolute atomic E-state index is 0.0210. The highest BCUT2D eigenvalue weighted by Crippen LogP contribution is 2.41. The molecule has 4 aromatic carbocycles. The molecular formula is C32H22F3N3O7. The van der Waals surface area contributed by atoms with Crippen molar-refractivity contribution in [3.8, 4) is 17.2 Å². The summed E-state index contributed by atoms with van der Waals surface area (Å²) in [6.45, 7) is 1.74. The molecular weight excluding hydrogens is 595 g/mol. The molecule has 0 aliphatic carbocycles. The van der Waals surface area contributed by atoms with E-state index in [4.69, 9.17) is 9.47 Å². The molecule has 13 heteroatoms. The normalized spacial score (nSPS) is 13.6. The molecule has 0 spiro atoms. The number of ether oxygens (including phenoxy) is 2. The molecule has 1 aliphatic rings. The second-order valence-corrected chi connectivity index (χ2v) is 9.47. The van der Waals surface area contributed by atoms with Crippen molar-refractivity contribution in [1.82, 2.24) is 0 Å². The molecule has 0 bridgehead atoms. The van der Waals surface area contributed by atoms with Crippen LogP contribution in [-0.4, -0.2) is 29.4 Å². The lowest BCUT2D eigenvalue weighted by molar-refractivity contribution is -0.385. The number of para-hydroxylation sites is 2. The van der Waals surface area contributed by atoms with Gasteiger partial charge in [-0.2, -0.15) is 13.2 Å². The maximum atomic E-state index is 13.6. The topological polar surface area (TPSA) is 119 Å². The number of anilines is 2. The minimum atomic E-state index is -4.81. The molecule has 4 aromatic rings. The number of amides is 4. The molecule has 0 N–H and O–H groups in total. The van der Waals surface area contributed by atoms with Crippen molar-refractivity contribution >= 4 is 41.0 Å². The van der Waals surface area contributed by atoms with Gasteiger partial charge in [-0.25, -0.2) is 14.6 Å². The molecule has 0 atom stereocenters. The predicted octanol–water partition coefficient (Wildman–Crippen LogP) is 7.39. The molecule has 0 saturated carbocycles. The molecule has 5 rings (SSSR count). The summed E-state index contributed by atoms with van der Waals surface area (Å²) in [6.07, 6.45) is -3.55. The summed E-state index contributed by atoms with van der Waals surface area (Å²) < 4.78 is 50.7. The van der Waals surface area contributed by atoms with Gasteiger partial charge >= 0.3 is 17.9 Å². The highest BCUT2D eigenvalue weighted by molar-refractivity contribution is 6.46. The first-order chi connectivity index (χ1) is 21.5. The Morgan fingerprint density at radius 3 is 1.84 bits per heavy atom. The fraction of sp³-hybridized carbons (Fsp3) is 0.0938. The molecule has 1 fully saturated rings. The van der Waals surface area contributed by atoms with Gasteiger partial charge in [0, 0.05) is 6.07 Å². The average Bonchev–Trinajstić information content (AvgIpc) is 3.01. The van der Waals surface area contributed by atoms with Gasteiger partial charge in [-0.15, -0.1) is 0 Å². The third-order valence-electron chi connectivity index (χ3n) is 6.56. The fourth-order valence-electron chi connectivity index (χ4n) is 4.51. The number of rotatable bonds is 8. The van der Waals surface area contributed by atoms with Gasteiger partial charge in [0.1, 0.15) is 5.57 Å². The van der Waals surface area contributed by atoms with Crippen molar-refractivity contribution in [2.45, 2.75) is 13.1 Å². The highest BCUT2D eigenvalue weighted by atomic mass is 19.4. The zero-order valence-electron chi connectivity index (χ0n) is 23.4. The number of hydrogen-bond donors (Lipinski definition) is 0. The van der Waals surface area contributed by atoms with Crippen LogP contribution in [-0.2, 0) is 15.8 Å². The second-order valence-electron chi connectivity index (χ2n) is 9.47. The largest absolute Gasteiger partial charge is 0.490 e. The van der Waals surface area contributed by atoms with Crippen LogP contribution in [0.25, 0.3) is 6.08 Å². The van der Waals surface area contributed by atoms with Crippen molar-refractivity contribution in [3.63, 3.8) is 0 Å². The highest BCUT2D eigenvalue weighted by Gasteiger charge is 2.43. The van der Waals surface area contributed by atoms with Crippen molar-refractivity contribution in [2.24, 2.45) is 0 Å². The summed E-state index contributed by atoms with van der Waals surface area (Å²) in [5, 5.41) is 11.5. The van der Waals surface area contributed by atoms with Gasteiger partial charge < -0.3 is 9.47 Å². The molecule has 0 aromatic heterocycles. The van der Waals surface area contributed by atoms with Gasteiger partial charge in [-0.1, -0.05) is 42.5 Å². The van der Waals surface area contributed by atoms with Gasteiger partial charge in [0.05, 0.1) is 28.5 Å².